The zero-order chi connectivity index (χ0) is 40.8. The molecule has 0 fully saturated rings. The second-order valence-corrected chi connectivity index (χ2v) is 14.2. The molecule has 15 rings (SSSR count). The number of methoxy groups -OCH3 is 9. The maximum atomic E-state index is 6.49. The minimum Gasteiger partial charge on any atom is -0.496 e. The summed E-state index contributed by atoms with van der Waals surface area (Å²) < 4.78 is 60.6. The lowest BCUT2D eigenvalue weighted by Gasteiger charge is -2.21. The van der Waals surface area contributed by atoms with Crippen LogP contribution in [0.3, 0.4) is 0 Å². The second-order valence-electron chi connectivity index (χ2n) is 14.2. The summed E-state index contributed by atoms with van der Waals surface area (Å²) >= 11 is 0. The molecule has 10 heteroatoms. The van der Waals surface area contributed by atoms with Crippen molar-refractivity contribution in [1.82, 2.24) is 0 Å². The van der Waals surface area contributed by atoms with Gasteiger partial charge in [-0.05, 0) is 74.5 Å². The van der Waals surface area contributed by atoms with Crippen molar-refractivity contribution in [3.05, 3.63) is 116 Å². The Balaban J connectivity index is 1.62. The minimum absolute atomic E-state index is 0.0724. The van der Waals surface area contributed by atoms with Crippen molar-refractivity contribution in [3.8, 4) is 57.5 Å². The zero-order valence-corrected chi connectivity index (χ0v) is 35.0. The Labute approximate surface area is 336 Å². The fraction of sp³-hybridized carbons (Fsp3) is 0.362. The number of ether oxygens (including phenoxy) is 10. The summed E-state index contributed by atoms with van der Waals surface area (Å²) in [6.45, 7) is 4.04. The van der Waals surface area contributed by atoms with Crippen LogP contribution in [0, 0.1) is 0 Å². The van der Waals surface area contributed by atoms with E-state index in [9.17, 15) is 0 Å². The van der Waals surface area contributed by atoms with Crippen LogP contribution in [-0.4, -0.2) is 70.1 Å². The Bertz CT molecular complexity index is 2220. The quantitative estimate of drug-likeness (QED) is 0.127. The molecule has 57 heavy (non-hydrogen) atoms. The molecule has 10 aliphatic carbocycles. The molecule has 0 radical (unpaired) electrons. The van der Waals surface area contributed by atoms with E-state index in [4.69, 9.17) is 47.4 Å². The molecule has 0 aromatic heterocycles. The van der Waals surface area contributed by atoms with Gasteiger partial charge in [-0.3, -0.25) is 0 Å². The van der Waals surface area contributed by atoms with E-state index in [1.54, 1.807) is 64.0 Å². The van der Waals surface area contributed by atoms with Crippen molar-refractivity contribution in [2.45, 2.75) is 52.1 Å². The van der Waals surface area contributed by atoms with Crippen molar-refractivity contribution in [3.63, 3.8) is 0 Å². The highest BCUT2D eigenvalue weighted by Crippen LogP contribution is 2.42. The molecule has 0 N–H and O–H groups in total. The van der Waals surface area contributed by atoms with E-state index in [1.807, 2.05) is 62.4 Å². The number of hydrogen-bond donors (Lipinski definition) is 0. The fourth-order valence-electron chi connectivity index (χ4n) is 7.70. The average molecular weight is 779 g/mol. The van der Waals surface area contributed by atoms with E-state index in [0.29, 0.717) is 32.1 Å². The van der Waals surface area contributed by atoms with E-state index in [1.165, 1.54) is 0 Å². The topological polar surface area (TPSA) is 92.3 Å². The molecule has 0 unspecified atom stereocenters. The van der Waals surface area contributed by atoms with Crippen molar-refractivity contribution < 1.29 is 47.4 Å². The fourth-order valence-corrected chi connectivity index (χ4v) is 7.70. The van der Waals surface area contributed by atoms with E-state index in [-0.39, 0.29) is 6.10 Å². The monoisotopic (exact) mass is 778 g/mol. The maximum Gasteiger partial charge on any atom is 0.123 e. The first-order valence-electron chi connectivity index (χ1n) is 18.9. The third-order valence-electron chi connectivity index (χ3n) is 10.5. The van der Waals surface area contributed by atoms with Gasteiger partial charge in [-0.2, -0.15) is 0 Å². The van der Waals surface area contributed by atoms with Crippen molar-refractivity contribution in [1.29, 1.82) is 0 Å². The summed E-state index contributed by atoms with van der Waals surface area (Å²) in [4.78, 5) is 0. The Morgan fingerprint density at radius 1 is 0.263 bits per heavy atom. The Morgan fingerprint density at radius 3 is 0.544 bits per heavy atom. The van der Waals surface area contributed by atoms with Gasteiger partial charge in [-0.15, -0.1) is 0 Å². The third-order valence-corrected chi connectivity index (χ3v) is 10.5. The summed E-state index contributed by atoms with van der Waals surface area (Å²) in [5.41, 5.74) is 9.33. The molecular formula is C47H54O10. The van der Waals surface area contributed by atoms with Crippen LogP contribution in [-0.2, 0) is 32.1 Å². The van der Waals surface area contributed by atoms with Crippen molar-refractivity contribution >= 4 is 0 Å². The molecular weight excluding hydrogens is 725 g/mol. The molecule has 0 saturated carbocycles. The summed E-state index contributed by atoms with van der Waals surface area (Å²) in [7, 11) is 15.1. The van der Waals surface area contributed by atoms with Crippen molar-refractivity contribution in [2.24, 2.45) is 0 Å². The van der Waals surface area contributed by atoms with Gasteiger partial charge < -0.3 is 47.4 Å². The van der Waals surface area contributed by atoms with E-state index >= 15 is 0 Å². The number of benzene rings is 5. The van der Waals surface area contributed by atoms with Gasteiger partial charge >= 0.3 is 0 Å². The maximum absolute atomic E-state index is 6.49. The van der Waals surface area contributed by atoms with Gasteiger partial charge in [0.2, 0.25) is 0 Å². The lowest BCUT2D eigenvalue weighted by Crippen LogP contribution is -2.10. The molecule has 10 nitrogen and oxygen atoms in total. The highest BCUT2D eigenvalue weighted by atomic mass is 16.5. The van der Waals surface area contributed by atoms with Crippen LogP contribution in [0.15, 0.2) is 60.7 Å². The molecule has 0 saturated heterocycles. The van der Waals surface area contributed by atoms with Gasteiger partial charge in [0.1, 0.15) is 57.5 Å². The van der Waals surface area contributed by atoms with Gasteiger partial charge in [-0.1, -0.05) is 0 Å². The molecule has 10 aliphatic rings. The molecule has 302 valence electrons. The first-order chi connectivity index (χ1) is 27.6. The van der Waals surface area contributed by atoms with Crippen LogP contribution in [0.1, 0.15) is 69.5 Å². The number of hydrogen-bond acceptors (Lipinski definition) is 10. The predicted octanol–water partition coefficient (Wildman–Crippen LogP) is 8.82. The summed E-state index contributed by atoms with van der Waals surface area (Å²) in [5.74, 6) is 7.23. The van der Waals surface area contributed by atoms with Gasteiger partial charge in [0.15, 0.2) is 0 Å². The standard InChI is InChI=1S/C47H54O10/c1-27(2)57-47-26-36-15-34-23-42(52-7)32(21-43(34)53-8)13-30-19-38(48-3)28(17-39(30)49-4)12-29-18-41(51-6)31(20-40(29)50-5)14-33-22-45(55-10)35(24-44(33)54-9)16-37(47)25-46(36)56-11/h17-27H,12-16H2,1-11H3. The first-order valence-corrected chi connectivity index (χ1v) is 18.9. The molecule has 0 atom stereocenters. The third kappa shape index (κ3) is 8.60. The van der Waals surface area contributed by atoms with Crippen LogP contribution in [0.5, 0.6) is 57.5 Å². The Kier molecular flexibility index (Phi) is 12.8. The lowest BCUT2D eigenvalue weighted by atomic mass is 9.94. The van der Waals surface area contributed by atoms with Crippen molar-refractivity contribution in [2.75, 3.05) is 64.0 Å². The Hall–Kier alpha value is -5.90. The van der Waals surface area contributed by atoms with Crippen LogP contribution < -0.4 is 47.4 Å². The molecule has 5 aromatic carbocycles. The molecule has 0 aliphatic heterocycles. The highest BCUT2D eigenvalue weighted by molar-refractivity contribution is 5.59. The van der Waals surface area contributed by atoms with Gasteiger partial charge in [0, 0.05) is 87.7 Å². The average Bonchev–Trinajstić information content (AvgIpc) is 3.22. The molecule has 0 heterocycles. The van der Waals surface area contributed by atoms with E-state index < -0.39 is 0 Å². The van der Waals surface area contributed by atoms with Gasteiger partial charge in [0.05, 0.1) is 70.1 Å². The molecule has 0 amide bonds. The highest BCUT2D eigenvalue weighted by Gasteiger charge is 2.23. The van der Waals surface area contributed by atoms with E-state index in [0.717, 1.165) is 113 Å². The van der Waals surface area contributed by atoms with Gasteiger partial charge in [-0.25, -0.2) is 0 Å². The van der Waals surface area contributed by atoms with Crippen LogP contribution in [0.2, 0.25) is 0 Å². The Morgan fingerprint density at radius 2 is 0.404 bits per heavy atom. The summed E-state index contributed by atoms with van der Waals surface area (Å²) in [5, 5.41) is 0. The smallest absolute Gasteiger partial charge is 0.123 e. The zero-order valence-electron chi connectivity index (χ0n) is 35.0. The minimum atomic E-state index is -0.0724. The summed E-state index contributed by atoms with van der Waals surface area (Å²) in [6.07, 6.45) is 2.44. The second kappa shape index (κ2) is 17.9. The van der Waals surface area contributed by atoms with E-state index in [2.05, 4.69) is 12.1 Å². The SMILES string of the molecule is COc1cc2c(OC)cc1Cc1cc(OC)c(cc1OC)Cc1cc(OC)c(cc1OC)Cc1cc(OC)c(cc1OC(C)C)Cc1cc(OC)c(cc1OC)C2. The normalized spacial score (nSPS) is 12.3. The lowest BCUT2D eigenvalue weighted by molar-refractivity contribution is 0.239. The number of rotatable bonds is 11. The largest absolute Gasteiger partial charge is 0.496 e. The molecule has 10 bridgehead atoms. The van der Waals surface area contributed by atoms with Crippen LogP contribution in [0.25, 0.3) is 0 Å². The summed E-state index contributed by atoms with van der Waals surface area (Å²) in [6, 6.07) is 20.4. The first kappa shape index (κ1) is 40.8. The molecule has 0 spiro atoms. The van der Waals surface area contributed by atoms with Crippen LogP contribution in [0.4, 0.5) is 0 Å². The van der Waals surface area contributed by atoms with Crippen LogP contribution >= 0.6 is 0 Å². The molecule has 5 aromatic rings. The predicted molar refractivity (Wildman–Crippen MR) is 221 cm³/mol. The van der Waals surface area contributed by atoms with Gasteiger partial charge in [0.25, 0.3) is 0 Å².